The second-order valence-electron chi connectivity index (χ2n) is 5.71. The summed E-state index contributed by atoms with van der Waals surface area (Å²) in [7, 11) is 4.15. The Bertz CT molecular complexity index is 496. The van der Waals surface area contributed by atoms with Gasteiger partial charge < -0.3 is 20.6 Å². The lowest BCUT2D eigenvalue weighted by atomic mass is 10.1. The van der Waals surface area contributed by atoms with Crippen molar-refractivity contribution in [1.29, 1.82) is 0 Å². The Hall–Kier alpha value is -1.79. The highest BCUT2D eigenvalue weighted by Crippen LogP contribution is 2.24. The molecule has 0 atom stereocenters. The van der Waals surface area contributed by atoms with Crippen LogP contribution in [0.2, 0.25) is 0 Å². The maximum absolute atomic E-state index is 11.4. The molecule has 1 aromatic carbocycles. The van der Waals surface area contributed by atoms with Crippen LogP contribution in [-0.4, -0.2) is 74.2 Å². The summed E-state index contributed by atoms with van der Waals surface area (Å²) in [6.07, 6.45) is 0. The van der Waals surface area contributed by atoms with Crippen molar-refractivity contribution in [2.45, 2.75) is 0 Å². The Balaban J connectivity index is 2.01. The highest BCUT2D eigenvalue weighted by atomic mass is 16.4. The lowest BCUT2D eigenvalue weighted by molar-refractivity contribution is 0.0697. The fraction of sp³-hybridized carbons (Fsp3) is 0.533. The van der Waals surface area contributed by atoms with E-state index in [2.05, 4.69) is 28.8 Å². The molecule has 116 valence electrons. The van der Waals surface area contributed by atoms with E-state index in [1.807, 2.05) is 6.07 Å². The van der Waals surface area contributed by atoms with Crippen molar-refractivity contribution in [1.82, 2.24) is 9.80 Å². The first-order valence-electron chi connectivity index (χ1n) is 7.22. The Labute approximate surface area is 125 Å². The van der Waals surface area contributed by atoms with E-state index in [1.165, 1.54) is 6.07 Å². The first-order chi connectivity index (χ1) is 9.97. The summed E-state index contributed by atoms with van der Waals surface area (Å²) in [6, 6.07) is 5.12. The molecular weight excluding hydrogens is 268 g/mol. The SMILES string of the molecule is CN(C)CCN1CCN(c2ccc(N)cc2C(=O)O)CC1. The van der Waals surface area contributed by atoms with Crippen LogP contribution < -0.4 is 10.6 Å². The van der Waals surface area contributed by atoms with Crippen molar-refractivity contribution in [3.63, 3.8) is 0 Å². The van der Waals surface area contributed by atoms with Gasteiger partial charge in [0.2, 0.25) is 0 Å². The summed E-state index contributed by atoms with van der Waals surface area (Å²) in [5.41, 5.74) is 7.23. The standard InChI is InChI=1S/C15H24N4O2/c1-17(2)5-6-18-7-9-19(10-8-18)14-4-3-12(16)11-13(14)15(20)21/h3-4,11H,5-10,16H2,1-2H3,(H,20,21). The van der Waals surface area contributed by atoms with Crippen LogP contribution >= 0.6 is 0 Å². The van der Waals surface area contributed by atoms with Crippen LogP contribution in [0.15, 0.2) is 18.2 Å². The molecule has 6 heteroatoms. The predicted octanol–water partition coefficient (Wildman–Crippen LogP) is 0.651. The first kappa shape index (κ1) is 15.6. The van der Waals surface area contributed by atoms with E-state index in [0.29, 0.717) is 5.69 Å². The number of hydrogen-bond acceptors (Lipinski definition) is 5. The Morgan fingerprint density at radius 2 is 1.95 bits per heavy atom. The van der Waals surface area contributed by atoms with E-state index in [4.69, 9.17) is 5.73 Å². The van der Waals surface area contributed by atoms with Gasteiger partial charge in [0, 0.05) is 45.0 Å². The maximum Gasteiger partial charge on any atom is 0.337 e. The van der Waals surface area contributed by atoms with Gasteiger partial charge in [-0.15, -0.1) is 0 Å². The number of nitrogens with two attached hydrogens (primary N) is 1. The average molecular weight is 292 g/mol. The predicted molar refractivity (Wildman–Crippen MR) is 85.0 cm³/mol. The van der Waals surface area contributed by atoms with Crippen molar-refractivity contribution >= 4 is 17.3 Å². The van der Waals surface area contributed by atoms with Gasteiger partial charge in [-0.05, 0) is 32.3 Å². The summed E-state index contributed by atoms with van der Waals surface area (Å²) >= 11 is 0. The molecule has 0 bridgehead atoms. The third kappa shape index (κ3) is 4.09. The molecule has 1 heterocycles. The molecule has 0 saturated carbocycles. The number of benzene rings is 1. The molecule has 6 nitrogen and oxygen atoms in total. The monoisotopic (exact) mass is 292 g/mol. The number of carboxylic acid groups (broad SMARTS) is 1. The fourth-order valence-electron chi connectivity index (χ4n) is 2.55. The number of nitrogens with zero attached hydrogens (tertiary/aromatic N) is 3. The number of hydrogen-bond donors (Lipinski definition) is 2. The van der Waals surface area contributed by atoms with Crippen molar-refractivity contribution in [2.75, 3.05) is 64.0 Å². The fourth-order valence-corrected chi connectivity index (χ4v) is 2.55. The van der Waals surface area contributed by atoms with Gasteiger partial charge in [-0.2, -0.15) is 0 Å². The summed E-state index contributed by atoms with van der Waals surface area (Å²) < 4.78 is 0. The van der Waals surface area contributed by atoms with E-state index >= 15 is 0 Å². The minimum absolute atomic E-state index is 0.289. The van der Waals surface area contributed by atoms with Gasteiger partial charge in [0.1, 0.15) is 0 Å². The number of aromatic carboxylic acids is 1. The van der Waals surface area contributed by atoms with Gasteiger partial charge in [0.25, 0.3) is 0 Å². The largest absolute Gasteiger partial charge is 0.478 e. The second-order valence-corrected chi connectivity index (χ2v) is 5.71. The molecule has 3 N–H and O–H groups in total. The maximum atomic E-state index is 11.4. The normalized spacial score (nSPS) is 16.4. The molecule has 0 aromatic heterocycles. The molecule has 2 rings (SSSR count). The summed E-state index contributed by atoms with van der Waals surface area (Å²) in [6.45, 7) is 5.69. The molecule has 1 aromatic rings. The summed E-state index contributed by atoms with van der Waals surface area (Å²) in [4.78, 5) is 18.1. The quantitative estimate of drug-likeness (QED) is 0.776. The number of carboxylic acids is 1. The number of carbonyl (C=O) groups is 1. The van der Waals surface area contributed by atoms with Crippen molar-refractivity contribution in [3.8, 4) is 0 Å². The third-order valence-corrected chi connectivity index (χ3v) is 3.83. The summed E-state index contributed by atoms with van der Waals surface area (Å²) in [5.74, 6) is -0.924. The molecule has 0 spiro atoms. The van der Waals surface area contributed by atoms with Gasteiger partial charge in [0.15, 0.2) is 0 Å². The smallest absolute Gasteiger partial charge is 0.337 e. The van der Waals surface area contributed by atoms with Crippen LogP contribution in [0.4, 0.5) is 11.4 Å². The number of nitrogen functional groups attached to an aromatic ring is 1. The lowest BCUT2D eigenvalue weighted by Gasteiger charge is -2.37. The molecule has 0 unspecified atom stereocenters. The molecule has 1 saturated heterocycles. The molecule has 0 radical (unpaired) electrons. The Morgan fingerprint density at radius 3 is 2.52 bits per heavy atom. The Morgan fingerprint density at radius 1 is 1.29 bits per heavy atom. The van der Waals surface area contributed by atoms with Crippen molar-refractivity contribution in [2.24, 2.45) is 0 Å². The van der Waals surface area contributed by atoms with Crippen molar-refractivity contribution < 1.29 is 9.90 Å². The van der Waals surface area contributed by atoms with E-state index < -0.39 is 5.97 Å². The molecule has 0 amide bonds. The number of anilines is 2. The zero-order valence-electron chi connectivity index (χ0n) is 12.7. The van der Waals surface area contributed by atoms with Crippen LogP contribution in [0.3, 0.4) is 0 Å². The van der Waals surface area contributed by atoms with E-state index in [-0.39, 0.29) is 5.56 Å². The number of piperazine rings is 1. The van der Waals surface area contributed by atoms with Crippen molar-refractivity contribution in [3.05, 3.63) is 23.8 Å². The highest BCUT2D eigenvalue weighted by molar-refractivity contribution is 5.95. The van der Waals surface area contributed by atoms with Crippen LogP contribution in [0.5, 0.6) is 0 Å². The summed E-state index contributed by atoms with van der Waals surface area (Å²) in [5, 5.41) is 9.32. The van der Waals surface area contributed by atoms with Crippen LogP contribution in [0.25, 0.3) is 0 Å². The second kappa shape index (κ2) is 6.78. The first-order valence-corrected chi connectivity index (χ1v) is 7.22. The molecular formula is C15H24N4O2. The molecule has 1 aliphatic rings. The Kier molecular flexibility index (Phi) is 5.03. The minimum atomic E-state index is -0.924. The van der Waals surface area contributed by atoms with E-state index in [0.717, 1.165) is 45.0 Å². The lowest BCUT2D eigenvalue weighted by Crippen LogP contribution is -2.48. The van der Waals surface area contributed by atoms with Crippen LogP contribution in [0.1, 0.15) is 10.4 Å². The number of likely N-dealkylation sites (N-methyl/N-ethyl adjacent to an activating group) is 1. The van der Waals surface area contributed by atoms with Gasteiger partial charge in [-0.1, -0.05) is 0 Å². The van der Waals surface area contributed by atoms with Crippen LogP contribution in [0, 0.1) is 0 Å². The van der Waals surface area contributed by atoms with E-state index in [9.17, 15) is 9.90 Å². The topological polar surface area (TPSA) is 73.0 Å². The zero-order chi connectivity index (χ0) is 15.4. The minimum Gasteiger partial charge on any atom is -0.478 e. The van der Waals surface area contributed by atoms with Gasteiger partial charge in [-0.25, -0.2) is 4.79 Å². The highest BCUT2D eigenvalue weighted by Gasteiger charge is 2.21. The molecule has 1 fully saturated rings. The number of rotatable bonds is 5. The molecule has 1 aliphatic heterocycles. The van der Waals surface area contributed by atoms with E-state index in [1.54, 1.807) is 6.07 Å². The van der Waals surface area contributed by atoms with Gasteiger partial charge >= 0.3 is 5.97 Å². The average Bonchev–Trinajstić information content (AvgIpc) is 2.45. The zero-order valence-corrected chi connectivity index (χ0v) is 12.7. The van der Waals surface area contributed by atoms with Gasteiger partial charge in [-0.3, -0.25) is 4.90 Å². The van der Waals surface area contributed by atoms with Gasteiger partial charge in [0.05, 0.1) is 11.3 Å². The molecule has 21 heavy (non-hydrogen) atoms. The molecule has 0 aliphatic carbocycles. The van der Waals surface area contributed by atoms with Crippen LogP contribution in [-0.2, 0) is 0 Å². The third-order valence-electron chi connectivity index (χ3n) is 3.83.